The number of hydrogen-bond donors (Lipinski definition) is 1. The lowest BCUT2D eigenvalue weighted by Gasteiger charge is -2.20. The Bertz CT molecular complexity index is 600. The number of hydrogen-bond acceptors (Lipinski definition) is 3. The fourth-order valence-corrected chi connectivity index (χ4v) is 2.01. The molecule has 0 saturated heterocycles. The van der Waals surface area contributed by atoms with E-state index in [1.54, 1.807) is 6.20 Å². The number of aryl methyl sites for hydroxylation is 1. The number of anilines is 1. The zero-order valence-corrected chi connectivity index (χ0v) is 12.6. The highest BCUT2D eigenvalue weighted by Gasteiger charge is 2.14. The van der Waals surface area contributed by atoms with E-state index in [0.29, 0.717) is 12.4 Å². The molecule has 1 aromatic heterocycles. The van der Waals surface area contributed by atoms with Crippen LogP contribution >= 0.6 is 0 Å². The molecule has 0 radical (unpaired) electrons. The first-order valence-corrected chi connectivity index (χ1v) is 6.81. The van der Waals surface area contributed by atoms with Crippen LogP contribution in [0.3, 0.4) is 0 Å². The van der Waals surface area contributed by atoms with Gasteiger partial charge in [0.15, 0.2) is 0 Å². The number of ether oxygens (including phenoxy) is 1. The standard InChI is InChI=1S/C17H22N2O/c1-12-10-14(17(2,3)4)7-8-15(12)20-11-13-6-5-9-19-16(13)18/h5-10H,11H2,1-4H3,(H2,18,19). The van der Waals surface area contributed by atoms with Crippen LogP contribution in [0.15, 0.2) is 36.5 Å². The molecule has 3 heteroatoms. The molecule has 0 fully saturated rings. The molecular weight excluding hydrogens is 248 g/mol. The molecular formula is C17H22N2O. The monoisotopic (exact) mass is 270 g/mol. The van der Waals surface area contributed by atoms with E-state index in [9.17, 15) is 0 Å². The molecule has 106 valence electrons. The van der Waals surface area contributed by atoms with E-state index < -0.39 is 0 Å². The highest BCUT2D eigenvalue weighted by atomic mass is 16.5. The van der Waals surface area contributed by atoms with Gasteiger partial charge in [-0.3, -0.25) is 0 Å². The summed E-state index contributed by atoms with van der Waals surface area (Å²) in [4.78, 5) is 4.06. The molecule has 0 bridgehead atoms. The largest absolute Gasteiger partial charge is 0.488 e. The predicted octanol–water partition coefficient (Wildman–Crippen LogP) is 3.85. The summed E-state index contributed by atoms with van der Waals surface area (Å²) >= 11 is 0. The van der Waals surface area contributed by atoms with Crippen molar-refractivity contribution < 1.29 is 4.74 Å². The van der Waals surface area contributed by atoms with Gasteiger partial charge < -0.3 is 10.5 Å². The van der Waals surface area contributed by atoms with Gasteiger partial charge in [-0.2, -0.15) is 0 Å². The molecule has 1 aromatic carbocycles. The molecule has 0 aliphatic carbocycles. The van der Waals surface area contributed by atoms with Crippen molar-refractivity contribution in [2.45, 2.75) is 39.7 Å². The summed E-state index contributed by atoms with van der Waals surface area (Å²) in [5, 5.41) is 0. The first kappa shape index (κ1) is 14.4. The Kier molecular flexibility index (Phi) is 3.98. The van der Waals surface area contributed by atoms with Gasteiger partial charge in [0.25, 0.3) is 0 Å². The van der Waals surface area contributed by atoms with Crippen LogP contribution in [0, 0.1) is 6.92 Å². The summed E-state index contributed by atoms with van der Waals surface area (Å²) in [6, 6.07) is 10.1. The van der Waals surface area contributed by atoms with Crippen molar-refractivity contribution >= 4 is 5.82 Å². The molecule has 0 spiro atoms. The Morgan fingerprint density at radius 2 is 1.95 bits per heavy atom. The molecule has 3 nitrogen and oxygen atoms in total. The number of nitrogens with two attached hydrogens (primary N) is 1. The molecule has 1 heterocycles. The Morgan fingerprint density at radius 3 is 2.55 bits per heavy atom. The number of rotatable bonds is 3. The van der Waals surface area contributed by atoms with Gasteiger partial charge in [0, 0.05) is 11.8 Å². The van der Waals surface area contributed by atoms with E-state index in [2.05, 4.69) is 44.8 Å². The van der Waals surface area contributed by atoms with E-state index >= 15 is 0 Å². The van der Waals surface area contributed by atoms with Crippen LogP contribution in [0.2, 0.25) is 0 Å². The van der Waals surface area contributed by atoms with Gasteiger partial charge in [0.1, 0.15) is 18.2 Å². The molecule has 0 aliphatic heterocycles. The molecule has 0 aliphatic rings. The van der Waals surface area contributed by atoms with Crippen LogP contribution in [0.5, 0.6) is 5.75 Å². The topological polar surface area (TPSA) is 48.1 Å². The van der Waals surface area contributed by atoms with Crippen molar-refractivity contribution in [2.75, 3.05) is 5.73 Å². The third-order valence-electron chi connectivity index (χ3n) is 3.35. The number of aromatic nitrogens is 1. The summed E-state index contributed by atoms with van der Waals surface area (Å²) in [5.74, 6) is 1.41. The van der Waals surface area contributed by atoms with Crippen LogP contribution in [-0.4, -0.2) is 4.98 Å². The van der Waals surface area contributed by atoms with Gasteiger partial charge in [-0.05, 0) is 35.6 Å². The summed E-state index contributed by atoms with van der Waals surface area (Å²) in [5.41, 5.74) is 9.32. The second-order valence-corrected chi connectivity index (χ2v) is 6.07. The summed E-state index contributed by atoms with van der Waals surface area (Å²) < 4.78 is 5.85. The van der Waals surface area contributed by atoms with Crippen LogP contribution in [0.25, 0.3) is 0 Å². The Morgan fingerprint density at radius 1 is 1.20 bits per heavy atom. The smallest absolute Gasteiger partial charge is 0.129 e. The van der Waals surface area contributed by atoms with Gasteiger partial charge in [-0.25, -0.2) is 4.98 Å². The van der Waals surface area contributed by atoms with E-state index in [1.165, 1.54) is 5.56 Å². The minimum Gasteiger partial charge on any atom is -0.488 e. The zero-order chi connectivity index (χ0) is 14.8. The van der Waals surface area contributed by atoms with E-state index in [1.807, 2.05) is 18.2 Å². The maximum Gasteiger partial charge on any atom is 0.129 e. The highest BCUT2D eigenvalue weighted by Crippen LogP contribution is 2.28. The first-order chi connectivity index (χ1) is 9.38. The number of nitrogen functional groups attached to an aromatic ring is 1. The van der Waals surface area contributed by atoms with Gasteiger partial charge in [-0.1, -0.05) is 39.0 Å². The van der Waals surface area contributed by atoms with Crippen molar-refractivity contribution in [3.63, 3.8) is 0 Å². The van der Waals surface area contributed by atoms with E-state index in [4.69, 9.17) is 10.5 Å². The van der Waals surface area contributed by atoms with Gasteiger partial charge >= 0.3 is 0 Å². The minimum atomic E-state index is 0.150. The second-order valence-electron chi connectivity index (χ2n) is 6.07. The second kappa shape index (κ2) is 5.53. The van der Waals surface area contributed by atoms with E-state index in [0.717, 1.165) is 16.9 Å². The Balaban J connectivity index is 2.13. The lowest BCUT2D eigenvalue weighted by Crippen LogP contribution is -2.11. The summed E-state index contributed by atoms with van der Waals surface area (Å²) in [7, 11) is 0. The van der Waals surface area contributed by atoms with Crippen molar-refractivity contribution in [1.82, 2.24) is 4.98 Å². The summed E-state index contributed by atoms with van der Waals surface area (Å²) in [6.45, 7) is 9.13. The van der Waals surface area contributed by atoms with E-state index in [-0.39, 0.29) is 5.41 Å². The van der Waals surface area contributed by atoms with Crippen molar-refractivity contribution in [1.29, 1.82) is 0 Å². The maximum atomic E-state index is 5.85. The summed E-state index contributed by atoms with van der Waals surface area (Å²) in [6.07, 6.45) is 1.68. The lowest BCUT2D eigenvalue weighted by atomic mass is 9.86. The average molecular weight is 270 g/mol. The highest BCUT2D eigenvalue weighted by molar-refractivity contribution is 5.41. The number of pyridine rings is 1. The normalized spacial score (nSPS) is 11.4. The zero-order valence-electron chi connectivity index (χ0n) is 12.6. The molecule has 2 aromatic rings. The van der Waals surface area contributed by atoms with Crippen molar-refractivity contribution in [3.8, 4) is 5.75 Å². The maximum absolute atomic E-state index is 5.85. The lowest BCUT2D eigenvalue weighted by molar-refractivity contribution is 0.304. The van der Waals surface area contributed by atoms with Crippen LogP contribution in [-0.2, 0) is 12.0 Å². The fourth-order valence-electron chi connectivity index (χ4n) is 2.01. The van der Waals surface area contributed by atoms with Crippen molar-refractivity contribution in [2.24, 2.45) is 0 Å². The third kappa shape index (κ3) is 3.29. The van der Waals surface area contributed by atoms with Gasteiger partial charge in [-0.15, -0.1) is 0 Å². The number of benzene rings is 1. The van der Waals surface area contributed by atoms with Crippen molar-refractivity contribution in [3.05, 3.63) is 53.2 Å². The molecule has 20 heavy (non-hydrogen) atoms. The molecule has 0 unspecified atom stereocenters. The van der Waals surface area contributed by atoms with Gasteiger partial charge in [0.2, 0.25) is 0 Å². The quantitative estimate of drug-likeness (QED) is 0.921. The molecule has 2 N–H and O–H groups in total. The first-order valence-electron chi connectivity index (χ1n) is 6.81. The third-order valence-corrected chi connectivity index (χ3v) is 3.35. The molecule has 0 atom stereocenters. The van der Waals surface area contributed by atoms with Crippen LogP contribution < -0.4 is 10.5 Å². The Hall–Kier alpha value is -2.03. The van der Waals surface area contributed by atoms with Gasteiger partial charge in [0.05, 0.1) is 0 Å². The van der Waals surface area contributed by atoms with Crippen LogP contribution in [0.1, 0.15) is 37.5 Å². The molecule has 2 rings (SSSR count). The predicted molar refractivity (Wildman–Crippen MR) is 82.9 cm³/mol. The van der Waals surface area contributed by atoms with Crippen LogP contribution in [0.4, 0.5) is 5.82 Å². The SMILES string of the molecule is Cc1cc(C(C)(C)C)ccc1OCc1cccnc1N. The molecule has 0 saturated carbocycles. The Labute approximate surface area is 120 Å². The fraction of sp³-hybridized carbons (Fsp3) is 0.353. The molecule has 0 amide bonds. The minimum absolute atomic E-state index is 0.150. The average Bonchev–Trinajstić information content (AvgIpc) is 2.38. The number of nitrogens with zero attached hydrogens (tertiary/aromatic N) is 1.